The van der Waals surface area contributed by atoms with Crippen molar-refractivity contribution in [2.75, 3.05) is 23.9 Å². The monoisotopic (exact) mass is 569 g/mol. The zero-order valence-electron chi connectivity index (χ0n) is 22.7. The van der Waals surface area contributed by atoms with E-state index in [1.165, 1.54) is 0 Å². The highest BCUT2D eigenvalue weighted by atomic mass is 32.2. The van der Waals surface area contributed by atoms with Crippen LogP contribution >= 0.6 is 0 Å². The van der Waals surface area contributed by atoms with Gasteiger partial charge in [-0.2, -0.15) is 0 Å². The van der Waals surface area contributed by atoms with Crippen LogP contribution in [0.1, 0.15) is 33.5 Å². The number of carbonyl (C=O) groups excluding carboxylic acids is 2. The van der Waals surface area contributed by atoms with Gasteiger partial charge in [-0.15, -0.1) is 0 Å². The van der Waals surface area contributed by atoms with Crippen LogP contribution in [0.3, 0.4) is 0 Å². The Balaban J connectivity index is 1.16. The first kappa shape index (κ1) is 28.1. The summed E-state index contributed by atoms with van der Waals surface area (Å²) >= 11 is 0. The molecular formula is C32H31N3O5S. The predicted molar refractivity (Wildman–Crippen MR) is 159 cm³/mol. The number of hydrogen-bond donors (Lipinski definition) is 2. The van der Waals surface area contributed by atoms with E-state index < -0.39 is 10.0 Å². The van der Waals surface area contributed by atoms with Crippen LogP contribution in [0.15, 0.2) is 102 Å². The normalized spacial score (nSPS) is 12.6. The van der Waals surface area contributed by atoms with Crippen LogP contribution in [0.5, 0.6) is 5.75 Å². The molecule has 0 atom stereocenters. The molecule has 4 aromatic carbocycles. The Morgan fingerprint density at radius 3 is 2.32 bits per heavy atom. The number of benzene rings is 4. The third-order valence-electron chi connectivity index (χ3n) is 7.03. The van der Waals surface area contributed by atoms with Gasteiger partial charge in [-0.1, -0.05) is 48.5 Å². The van der Waals surface area contributed by atoms with Crippen molar-refractivity contribution in [2.45, 2.75) is 30.7 Å². The fourth-order valence-corrected chi connectivity index (χ4v) is 5.75. The number of amides is 2. The number of nitrogens with zero attached hydrogens (tertiary/aromatic N) is 1. The van der Waals surface area contributed by atoms with Gasteiger partial charge >= 0.3 is 0 Å². The lowest BCUT2D eigenvalue weighted by molar-refractivity contribution is -0.116. The van der Waals surface area contributed by atoms with Gasteiger partial charge in [0.25, 0.3) is 5.91 Å². The number of carbonyl (C=O) groups is 2. The minimum atomic E-state index is -3.65. The molecule has 1 aliphatic rings. The number of nitrogens with one attached hydrogen (secondary N) is 2. The van der Waals surface area contributed by atoms with E-state index in [2.05, 4.69) is 10.0 Å². The molecule has 9 heteroatoms. The SMILES string of the molecule is COc1ccc(C(=O)N2CCc3ccc(NC(=O)CCc4ccc(S(=O)(=O)NCc5ccccc5)cc4)cc32)cc1. The second kappa shape index (κ2) is 12.4. The first-order chi connectivity index (χ1) is 19.8. The van der Waals surface area contributed by atoms with Gasteiger partial charge in [0, 0.05) is 36.4 Å². The lowest BCUT2D eigenvalue weighted by Crippen LogP contribution is -2.28. The van der Waals surface area contributed by atoms with Crippen LogP contribution in [0, 0.1) is 0 Å². The van der Waals surface area contributed by atoms with Crippen molar-refractivity contribution in [3.05, 3.63) is 119 Å². The lowest BCUT2D eigenvalue weighted by Gasteiger charge is -2.18. The number of sulfonamides is 1. The van der Waals surface area contributed by atoms with Crippen molar-refractivity contribution in [3.63, 3.8) is 0 Å². The van der Waals surface area contributed by atoms with Gasteiger partial charge in [0.2, 0.25) is 15.9 Å². The molecule has 0 radical (unpaired) electrons. The maximum absolute atomic E-state index is 13.1. The summed E-state index contributed by atoms with van der Waals surface area (Å²) in [5, 5.41) is 2.92. The summed E-state index contributed by atoms with van der Waals surface area (Å²) in [7, 11) is -2.06. The number of anilines is 2. The van der Waals surface area contributed by atoms with Crippen LogP contribution < -0.4 is 19.7 Å². The largest absolute Gasteiger partial charge is 0.497 e. The van der Waals surface area contributed by atoms with Gasteiger partial charge < -0.3 is 15.0 Å². The van der Waals surface area contributed by atoms with Gasteiger partial charge in [0.15, 0.2) is 0 Å². The molecular weight excluding hydrogens is 538 g/mol. The predicted octanol–water partition coefficient (Wildman–Crippen LogP) is 4.95. The quantitative estimate of drug-likeness (QED) is 0.281. The first-order valence-electron chi connectivity index (χ1n) is 13.3. The lowest BCUT2D eigenvalue weighted by atomic mass is 10.1. The molecule has 0 saturated carbocycles. The number of aryl methyl sites for hydroxylation is 1. The van der Waals surface area contributed by atoms with Gasteiger partial charge in [-0.25, -0.2) is 13.1 Å². The molecule has 1 heterocycles. The smallest absolute Gasteiger partial charge is 0.258 e. The van der Waals surface area contributed by atoms with E-state index in [1.807, 2.05) is 48.5 Å². The molecule has 0 aromatic heterocycles. The zero-order valence-corrected chi connectivity index (χ0v) is 23.5. The minimum absolute atomic E-state index is 0.101. The maximum Gasteiger partial charge on any atom is 0.258 e. The molecule has 8 nitrogen and oxygen atoms in total. The van der Waals surface area contributed by atoms with Crippen molar-refractivity contribution >= 4 is 33.2 Å². The van der Waals surface area contributed by atoms with E-state index in [1.54, 1.807) is 60.5 Å². The summed E-state index contributed by atoms with van der Waals surface area (Å²) in [4.78, 5) is 27.8. The second-order valence-corrected chi connectivity index (χ2v) is 11.5. The van der Waals surface area contributed by atoms with Crippen LogP contribution in [0.25, 0.3) is 0 Å². The van der Waals surface area contributed by atoms with Gasteiger partial charge in [-0.05, 0) is 78.1 Å². The first-order valence-corrected chi connectivity index (χ1v) is 14.8. The third-order valence-corrected chi connectivity index (χ3v) is 8.45. The van der Waals surface area contributed by atoms with Crippen LogP contribution in [0.2, 0.25) is 0 Å². The van der Waals surface area contributed by atoms with Crippen LogP contribution in [-0.4, -0.2) is 33.9 Å². The molecule has 0 saturated heterocycles. The summed E-state index contributed by atoms with van der Waals surface area (Å²) in [6, 6.07) is 28.5. The van der Waals surface area contributed by atoms with Gasteiger partial charge in [0.1, 0.15) is 5.75 Å². The summed E-state index contributed by atoms with van der Waals surface area (Å²) < 4.78 is 33.1. The van der Waals surface area contributed by atoms with E-state index in [0.29, 0.717) is 30.0 Å². The average Bonchev–Trinajstić information content (AvgIpc) is 3.43. The molecule has 210 valence electrons. The molecule has 0 fully saturated rings. The van der Waals surface area contributed by atoms with Crippen LogP contribution in [-0.2, 0) is 34.2 Å². The molecule has 0 unspecified atom stereocenters. The van der Waals surface area contributed by atoms with Crippen molar-refractivity contribution in [1.82, 2.24) is 4.72 Å². The Bertz CT molecular complexity index is 1640. The summed E-state index contributed by atoms with van der Waals surface area (Å²) in [6.45, 7) is 0.784. The van der Waals surface area contributed by atoms with Crippen molar-refractivity contribution in [1.29, 1.82) is 0 Å². The molecule has 1 aliphatic heterocycles. The van der Waals surface area contributed by atoms with Gasteiger partial charge in [-0.3, -0.25) is 9.59 Å². The average molecular weight is 570 g/mol. The van der Waals surface area contributed by atoms with E-state index in [4.69, 9.17) is 4.74 Å². The Morgan fingerprint density at radius 2 is 1.61 bits per heavy atom. The van der Waals surface area contributed by atoms with E-state index in [0.717, 1.165) is 28.8 Å². The van der Waals surface area contributed by atoms with E-state index in [-0.39, 0.29) is 29.7 Å². The van der Waals surface area contributed by atoms with Crippen LogP contribution in [0.4, 0.5) is 11.4 Å². The molecule has 5 rings (SSSR count). The van der Waals surface area contributed by atoms with Crippen molar-refractivity contribution in [3.8, 4) is 5.75 Å². The minimum Gasteiger partial charge on any atom is -0.497 e. The van der Waals surface area contributed by atoms with Crippen molar-refractivity contribution in [2.24, 2.45) is 0 Å². The molecule has 2 N–H and O–H groups in total. The fraction of sp³-hybridized carbons (Fsp3) is 0.188. The molecule has 0 bridgehead atoms. The molecule has 4 aromatic rings. The summed E-state index contributed by atoms with van der Waals surface area (Å²) in [6.07, 6.45) is 1.43. The second-order valence-electron chi connectivity index (χ2n) is 9.78. The number of ether oxygens (including phenoxy) is 1. The summed E-state index contributed by atoms with van der Waals surface area (Å²) in [5.41, 5.74) is 4.76. The Labute approximate surface area is 240 Å². The Kier molecular flexibility index (Phi) is 8.47. The highest BCUT2D eigenvalue weighted by molar-refractivity contribution is 7.89. The topological polar surface area (TPSA) is 105 Å². The number of fused-ring (bicyclic) bond motifs is 1. The molecule has 0 aliphatic carbocycles. The standard InChI is InChI=1S/C32H31N3O5S/c1-40-28-14-11-26(12-15-28)32(37)35-20-19-25-10-13-27(21-30(25)35)34-31(36)18-9-23-7-16-29(17-8-23)41(38,39)33-22-24-5-3-2-4-6-24/h2-8,10-17,21,33H,9,18-20,22H2,1H3,(H,34,36). The Morgan fingerprint density at radius 1 is 0.878 bits per heavy atom. The Hall–Kier alpha value is -4.47. The van der Waals surface area contributed by atoms with Gasteiger partial charge in [0.05, 0.1) is 12.0 Å². The molecule has 41 heavy (non-hydrogen) atoms. The number of rotatable bonds is 10. The van der Waals surface area contributed by atoms with E-state index in [9.17, 15) is 18.0 Å². The highest BCUT2D eigenvalue weighted by Crippen LogP contribution is 2.32. The molecule has 0 spiro atoms. The zero-order chi connectivity index (χ0) is 28.8. The molecule has 2 amide bonds. The maximum atomic E-state index is 13.1. The highest BCUT2D eigenvalue weighted by Gasteiger charge is 2.26. The number of methoxy groups -OCH3 is 1. The number of hydrogen-bond acceptors (Lipinski definition) is 5. The summed E-state index contributed by atoms with van der Waals surface area (Å²) in [5.74, 6) is 0.415. The third kappa shape index (κ3) is 6.82. The van der Waals surface area contributed by atoms with Crippen molar-refractivity contribution < 1.29 is 22.7 Å². The fourth-order valence-electron chi connectivity index (χ4n) is 4.73. The van der Waals surface area contributed by atoms with E-state index >= 15 is 0 Å².